The maximum atomic E-state index is 13.1. The molecule has 2 amide bonds. The maximum absolute atomic E-state index is 13.1. The van der Waals surface area contributed by atoms with Crippen molar-refractivity contribution < 1.29 is 23.8 Å². The largest absolute Gasteiger partial charge is 0.493 e. The van der Waals surface area contributed by atoms with E-state index in [0.717, 1.165) is 6.42 Å². The Morgan fingerprint density at radius 2 is 1.83 bits per heavy atom. The Balaban J connectivity index is 1.74. The summed E-state index contributed by atoms with van der Waals surface area (Å²) < 4.78 is 16.0. The zero-order chi connectivity index (χ0) is 21.7. The van der Waals surface area contributed by atoms with Gasteiger partial charge in [-0.1, -0.05) is 11.6 Å². The van der Waals surface area contributed by atoms with E-state index in [1.54, 1.807) is 29.2 Å². The van der Waals surface area contributed by atoms with E-state index < -0.39 is 0 Å². The number of amides is 2. The minimum Gasteiger partial charge on any atom is -0.493 e. The van der Waals surface area contributed by atoms with E-state index in [1.165, 1.54) is 27.5 Å². The molecule has 1 saturated heterocycles. The number of nitrogens with zero attached hydrogens (tertiary/aromatic N) is 2. The molecule has 160 valence electrons. The first-order chi connectivity index (χ1) is 14.5. The van der Waals surface area contributed by atoms with Gasteiger partial charge in [0.25, 0.3) is 5.91 Å². The molecule has 1 aliphatic rings. The summed E-state index contributed by atoms with van der Waals surface area (Å²) in [5.41, 5.74) is 0.407. The van der Waals surface area contributed by atoms with E-state index in [-0.39, 0.29) is 17.7 Å². The molecule has 8 nitrogen and oxygen atoms in total. The summed E-state index contributed by atoms with van der Waals surface area (Å²) in [7, 11) is 4.50. The third kappa shape index (κ3) is 4.76. The average Bonchev–Trinajstić information content (AvgIpc) is 2.79. The van der Waals surface area contributed by atoms with Gasteiger partial charge in [-0.3, -0.25) is 9.59 Å². The summed E-state index contributed by atoms with van der Waals surface area (Å²) in [5.74, 6) is 0.951. The number of likely N-dealkylation sites (tertiary alicyclic amines) is 1. The highest BCUT2D eigenvalue weighted by Crippen LogP contribution is 2.38. The lowest BCUT2D eigenvalue weighted by Crippen LogP contribution is -2.43. The molecule has 1 aromatic carbocycles. The van der Waals surface area contributed by atoms with Crippen LogP contribution >= 0.6 is 11.6 Å². The van der Waals surface area contributed by atoms with E-state index in [0.29, 0.717) is 53.2 Å². The van der Waals surface area contributed by atoms with Gasteiger partial charge in [0.05, 0.1) is 32.3 Å². The molecule has 1 fully saturated rings. The third-order valence-electron chi connectivity index (χ3n) is 4.97. The average molecular weight is 434 g/mol. The fourth-order valence-electron chi connectivity index (χ4n) is 3.44. The first kappa shape index (κ1) is 21.7. The van der Waals surface area contributed by atoms with Crippen molar-refractivity contribution in [3.05, 3.63) is 41.0 Å². The zero-order valence-corrected chi connectivity index (χ0v) is 17.9. The molecule has 0 bridgehead atoms. The third-order valence-corrected chi connectivity index (χ3v) is 5.19. The molecule has 1 unspecified atom stereocenters. The van der Waals surface area contributed by atoms with Crippen molar-refractivity contribution in [1.82, 2.24) is 9.88 Å². The van der Waals surface area contributed by atoms with Crippen molar-refractivity contribution in [1.29, 1.82) is 0 Å². The first-order valence-electron chi connectivity index (χ1n) is 9.48. The Morgan fingerprint density at radius 1 is 1.13 bits per heavy atom. The second kappa shape index (κ2) is 9.67. The maximum Gasteiger partial charge on any atom is 0.254 e. The lowest BCUT2D eigenvalue weighted by molar-refractivity contribution is -0.121. The fourth-order valence-corrected chi connectivity index (χ4v) is 3.55. The van der Waals surface area contributed by atoms with Crippen molar-refractivity contribution in [2.45, 2.75) is 12.8 Å². The number of rotatable bonds is 6. The van der Waals surface area contributed by atoms with Gasteiger partial charge in [-0.2, -0.15) is 0 Å². The first-order valence-corrected chi connectivity index (χ1v) is 9.86. The Labute approximate surface area is 180 Å². The second-order valence-corrected chi connectivity index (χ2v) is 7.29. The van der Waals surface area contributed by atoms with Crippen LogP contribution in [0.1, 0.15) is 23.2 Å². The molecule has 1 N–H and O–H groups in total. The molecule has 1 atom stereocenters. The van der Waals surface area contributed by atoms with Crippen LogP contribution in [0.4, 0.5) is 5.82 Å². The zero-order valence-electron chi connectivity index (χ0n) is 17.1. The summed E-state index contributed by atoms with van der Waals surface area (Å²) in [4.78, 5) is 31.5. The molecule has 30 heavy (non-hydrogen) atoms. The predicted molar refractivity (Wildman–Crippen MR) is 113 cm³/mol. The minimum absolute atomic E-state index is 0.174. The Morgan fingerprint density at radius 3 is 2.40 bits per heavy atom. The van der Waals surface area contributed by atoms with Gasteiger partial charge in [0.1, 0.15) is 5.82 Å². The monoisotopic (exact) mass is 433 g/mol. The van der Waals surface area contributed by atoms with E-state index in [9.17, 15) is 9.59 Å². The molecular weight excluding hydrogens is 410 g/mol. The molecule has 1 aromatic heterocycles. The van der Waals surface area contributed by atoms with Crippen LogP contribution in [0.5, 0.6) is 17.2 Å². The molecule has 1 aliphatic heterocycles. The smallest absolute Gasteiger partial charge is 0.254 e. The van der Waals surface area contributed by atoms with Crippen LogP contribution in [0, 0.1) is 5.92 Å². The van der Waals surface area contributed by atoms with Crippen LogP contribution in [0.3, 0.4) is 0 Å². The topological polar surface area (TPSA) is 90.0 Å². The molecule has 9 heteroatoms. The lowest BCUT2D eigenvalue weighted by Gasteiger charge is -2.32. The van der Waals surface area contributed by atoms with Gasteiger partial charge >= 0.3 is 0 Å². The summed E-state index contributed by atoms with van der Waals surface area (Å²) in [6, 6.07) is 6.53. The normalized spacial score (nSPS) is 16.0. The van der Waals surface area contributed by atoms with Crippen molar-refractivity contribution in [2.75, 3.05) is 39.7 Å². The molecule has 2 aromatic rings. The SMILES string of the molecule is COc1cc(C(=O)N2CCCC(C(=O)Nc3ccc(Cl)cn3)C2)cc(OC)c1OC. The Hall–Kier alpha value is -3.00. The van der Waals surface area contributed by atoms with Gasteiger partial charge in [-0.25, -0.2) is 4.98 Å². The molecule has 2 heterocycles. The highest BCUT2D eigenvalue weighted by Gasteiger charge is 2.30. The number of aromatic nitrogens is 1. The summed E-state index contributed by atoms with van der Waals surface area (Å²) in [5, 5.41) is 3.28. The van der Waals surface area contributed by atoms with Gasteiger partial charge in [0, 0.05) is 24.8 Å². The quantitative estimate of drug-likeness (QED) is 0.752. The van der Waals surface area contributed by atoms with Crippen molar-refractivity contribution >= 4 is 29.2 Å². The number of carbonyl (C=O) groups excluding carboxylic acids is 2. The number of nitrogens with one attached hydrogen (secondary N) is 1. The molecule has 0 spiro atoms. The highest BCUT2D eigenvalue weighted by atomic mass is 35.5. The number of piperidine rings is 1. The van der Waals surface area contributed by atoms with Crippen LogP contribution in [0.15, 0.2) is 30.5 Å². The number of hydrogen-bond donors (Lipinski definition) is 1. The van der Waals surface area contributed by atoms with Crippen LogP contribution in [-0.4, -0.2) is 56.1 Å². The number of carbonyl (C=O) groups is 2. The molecule has 0 aliphatic carbocycles. The lowest BCUT2D eigenvalue weighted by atomic mass is 9.96. The van der Waals surface area contributed by atoms with Gasteiger partial charge in [0.2, 0.25) is 11.7 Å². The minimum atomic E-state index is -0.331. The van der Waals surface area contributed by atoms with Crippen LogP contribution < -0.4 is 19.5 Å². The molecular formula is C21H24ClN3O5. The number of hydrogen-bond acceptors (Lipinski definition) is 6. The number of halogens is 1. The van der Waals surface area contributed by atoms with E-state index in [1.807, 2.05) is 0 Å². The van der Waals surface area contributed by atoms with Crippen molar-refractivity contribution in [3.63, 3.8) is 0 Å². The summed E-state index contributed by atoms with van der Waals surface area (Å²) >= 11 is 5.83. The Kier molecular flexibility index (Phi) is 6.99. The van der Waals surface area contributed by atoms with Crippen molar-refractivity contribution in [3.8, 4) is 17.2 Å². The second-order valence-electron chi connectivity index (χ2n) is 6.86. The van der Waals surface area contributed by atoms with Gasteiger partial charge < -0.3 is 24.4 Å². The Bertz CT molecular complexity index is 894. The van der Waals surface area contributed by atoms with E-state index in [2.05, 4.69) is 10.3 Å². The van der Waals surface area contributed by atoms with E-state index in [4.69, 9.17) is 25.8 Å². The van der Waals surface area contributed by atoms with Gasteiger partial charge in [-0.05, 0) is 37.1 Å². The molecule has 0 radical (unpaired) electrons. The fraction of sp³-hybridized carbons (Fsp3) is 0.381. The number of anilines is 1. The number of benzene rings is 1. The number of ether oxygens (including phenoxy) is 3. The van der Waals surface area contributed by atoms with Crippen LogP contribution in [-0.2, 0) is 4.79 Å². The standard InChI is InChI=1S/C21H24ClN3O5/c1-28-16-9-14(10-17(29-2)19(16)30-3)21(27)25-8-4-5-13(12-25)20(26)24-18-7-6-15(22)11-23-18/h6-7,9-11,13H,4-5,8,12H2,1-3H3,(H,23,24,26). The van der Waals surface area contributed by atoms with Crippen LogP contribution in [0.2, 0.25) is 5.02 Å². The summed E-state index contributed by atoms with van der Waals surface area (Å²) in [6.45, 7) is 0.882. The van der Waals surface area contributed by atoms with Gasteiger partial charge in [-0.15, -0.1) is 0 Å². The van der Waals surface area contributed by atoms with Crippen molar-refractivity contribution in [2.24, 2.45) is 5.92 Å². The number of pyridine rings is 1. The van der Waals surface area contributed by atoms with Crippen LogP contribution in [0.25, 0.3) is 0 Å². The number of methoxy groups -OCH3 is 3. The highest BCUT2D eigenvalue weighted by molar-refractivity contribution is 6.30. The summed E-state index contributed by atoms with van der Waals surface area (Å²) in [6.07, 6.45) is 2.89. The molecule has 0 saturated carbocycles. The van der Waals surface area contributed by atoms with Gasteiger partial charge in [0.15, 0.2) is 11.5 Å². The van der Waals surface area contributed by atoms with E-state index >= 15 is 0 Å². The molecule has 3 rings (SSSR count). The predicted octanol–water partition coefficient (Wildman–Crippen LogP) is 3.25.